The summed E-state index contributed by atoms with van der Waals surface area (Å²) in [6.45, 7) is 3.82. The maximum Gasteiger partial charge on any atom is 0.326 e. The smallest absolute Gasteiger partial charge is 0.326 e. The number of carbonyl (C=O) groups is 2. The number of carbonyl (C=O) groups excluding carboxylic acids is 1. The fourth-order valence-corrected chi connectivity index (χ4v) is 2.26. The summed E-state index contributed by atoms with van der Waals surface area (Å²) >= 11 is 0. The summed E-state index contributed by atoms with van der Waals surface area (Å²) in [6.07, 6.45) is 9.46. The second-order valence-electron chi connectivity index (χ2n) is 5.90. The summed E-state index contributed by atoms with van der Waals surface area (Å²) in [5.41, 5.74) is 11.5. The van der Waals surface area contributed by atoms with Crippen molar-refractivity contribution in [2.75, 3.05) is 0 Å². The first kappa shape index (κ1) is 18.4. The quantitative estimate of drug-likeness (QED) is 0.494. The number of nitrogens with one attached hydrogen (secondary N) is 1. The lowest BCUT2D eigenvalue weighted by Gasteiger charge is -2.22. The van der Waals surface area contributed by atoms with E-state index in [2.05, 4.69) is 5.32 Å². The molecule has 124 valence electrons. The van der Waals surface area contributed by atoms with E-state index < -0.39 is 24.0 Å². The van der Waals surface area contributed by atoms with Crippen molar-refractivity contribution in [3.63, 3.8) is 0 Å². The van der Waals surface area contributed by atoms with Gasteiger partial charge in [-0.1, -0.05) is 44.6 Å². The molecular weight excluding hydrogens is 282 g/mol. The minimum absolute atomic E-state index is 0.0140. The minimum atomic E-state index is -1.04. The summed E-state index contributed by atoms with van der Waals surface area (Å²) in [5, 5.41) is 11.8. The number of carboxylic acid groups (broad SMARTS) is 1. The Morgan fingerprint density at radius 3 is 2.36 bits per heavy atom. The highest BCUT2D eigenvalue weighted by Crippen LogP contribution is 2.16. The van der Waals surface area contributed by atoms with Crippen molar-refractivity contribution in [2.45, 2.75) is 51.2 Å². The van der Waals surface area contributed by atoms with E-state index in [9.17, 15) is 14.7 Å². The third kappa shape index (κ3) is 5.61. The van der Waals surface area contributed by atoms with Crippen LogP contribution >= 0.6 is 0 Å². The standard InChI is InChI=1S/C16H27N3O3/c1-3-10(2)14(18)15(20)19-13(16(21)22)9-6-11-4-7-12(17)8-5-11/h4-5,7-8,10-14H,3,6,9,17-18H2,1-2H3,(H,19,20)(H,21,22). The minimum Gasteiger partial charge on any atom is -0.480 e. The molecule has 0 aromatic carbocycles. The van der Waals surface area contributed by atoms with Crippen LogP contribution in [0.1, 0.15) is 33.1 Å². The zero-order valence-electron chi connectivity index (χ0n) is 13.2. The van der Waals surface area contributed by atoms with Crippen molar-refractivity contribution >= 4 is 11.9 Å². The first-order valence-corrected chi connectivity index (χ1v) is 7.76. The third-order valence-corrected chi connectivity index (χ3v) is 4.12. The molecule has 3 atom stereocenters. The molecule has 0 heterocycles. The van der Waals surface area contributed by atoms with Gasteiger partial charge in [0.05, 0.1) is 6.04 Å². The van der Waals surface area contributed by atoms with Gasteiger partial charge in [-0.3, -0.25) is 4.79 Å². The Labute approximate surface area is 131 Å². The SMILES string of the molecule is CCC(C)C(N)C(=O)NC(CCC1C=CC(N)C=C1)C(=O)O. The predicted molar refractivity (Wildman–Crippen MR) is 86.0 cm³/mol. The zero-order chi connectivity index (χ0) is 16.7. The summed E-state index contributed by atoms with van der Waals surface area (Å²) in [5.74, 6) is -1.27. The first-order chi connectivity index (χ1) is 10.3. The highest BCUT2D eigenvalue weighted by molar-refractivity contribution is 5.86. The molecule has 0 saturated heterocycles. The highest BCUT2D eigenvalue weighted by atomic mass is 16.4. The number of allylic oxidation sites excluding steroid dienone is 2. The van der Waals surface area contributed by atoms with Gasteiger partial charge in [0.15, 0.2) is 0 Å². The maximum atomic E-state index is 12.0. The van der Waals surface area contributed by atoms with Crippen LogP contribution in [0.15, 0.2) is 24.3 Å². The molecule has 3 unspecified atom stereocenters. The van der Waals surface area contributed by atoms with Gasteiger partial charge in [0.25, 0.3) is 0 Å². The van der Waals surface area contributed by atoms with Crippen LogP contribution in [0.2, 0.25) is 0 Å². The second-order valence-corrected chi connectivity index (χ2v) is 5.90. The molecule has 0 radical (unpaired) electrons. The normalized spacial score (nSPS) is 24.5. The fourth-order valence-electron chi connectivity index (χ4n) is 2.26. The Morgan fingerprint density at radius 1 is 1.27 bits per heavy atom. The van der Waals surface area contributed by atoms with Crippen molar-refractivity contribution < 1.29 is 14.7 Å². The van der Waals surface area contributed by atoms with Gasteiger partial charge in [-0.2, -0.15) is 0 Å². The largest absolute Gasteiger partial charge is 0.480 e. The third-order valence-electron chi connectivity index (χ3n) is 4.12. The Hall–Kier alpha value is -1.66. The van der Waals surface area contributed by atoms with Crippen LogP contribution in [0.5, 0.6) is 0 Å². The Balaban J connectivity index is 2.52. The van der Waals surface area contributed by atoms with Gasteiger partial charge >= 0.3 is 5.97 Å². The van der Waals surface area contributed by atoms with Crippen LogP contribution in [-0.2, 0) is 9.59 Å². The lowest BCUT2D eigenvalue weighted by Crippen LogP contribution is -2.50. The molecule has 6 heteroatoms. The molecule has 1 rings (SSSR count). The molecule has 1 amide bonds. The fraction of sp³-hybridized carbons (Fsp3) is 0.625. The number of hydrogen-bond donors (Lipinski definition) is 4. The van der Waals surface area contributed by atoms with Crippen molar-refractivity contribution in [2.24, 2.45) is 23.3 Å². The summed E-state index contributed by atoms with van der Waals surface area (Å²) in [6, 6.07) is -1.67. The van der Waals surface area contributed by atoms with Crippen molar-refractivity contribution in [1.29, 1.82) is 0 Å². The van der Waals surface area contributed by atoms with Crippen molar-refractivity contribution in [1.82, 2.24) is 5.32 Å². The van der Waals surface area contributed by atoms with Crippen LogP contribution in [0.4, 0.5) is 0 Å². The van der Waals surface area contributed by atoms with E-state index >= 15 is 0 Å². The number of carboxylic acids is 1. The number of rotatable bonds is 8. The molecule has 0 aromatic rings. The van der Waals surface area contributed by atoms with E-state index in [4.69, 9.17) is 11.5 Å². The number of hydrogen-bond acceptors (Lipinski definition) is 4. The zero-order valence-corrected chi connectivity index (χ0v) is 13.2. The molecule has 0 aromatic heterocycles. The lowest BCUT2D eigenvalue weighted by atomic mass is 9.94. The Kier molecular flexibility index (Phi) is 7.27. The maximum absolute atomic E-state index is 12.0. The van der Waals surface area contributed by atoms with Gasteiger partial charge in [0, 0.05) is 6.04 Å². The van der Waals surface area contributed by atoms with Crippen LogP contribution in [0.3, 0.4) is 0 Å². The lowest BCUT2D eigenvalue weighted by molar-refractivity contribution is -0.142. The van der Waals surface area contributed by atoms with Crippen molar-refractivity contribution in [3.05, 3.63) is 24.3 Å². The highest BCUT2D eigenvalue weighted by Gasteiger charge is 2.26. The number of nitrogens with two attached hydrogens (primary N) is 2. The van der Waals surface area contributed by atoms with E-state index in [1.807, 2.05) is 38.2 Å². The second kappa shape index (κ2) is 8.70. The average Bonchev–Trinajstić information content (AvgIpc) is 2.50. The molecule has 0 aliphatic heterocycles. The molecule has 0 bridgehead atoms. The molecule has 6 nitrogen and oxygen atoms in total. The van der Waals surface area contributed by atoms with E-state index in [1.54, 1.807) is 0 Å². The van der Waals surface area contributed by atoms with Crippen LogP contribution in [-0.4, -0.2) is 35.1 Å². The molecule has 1 aliphatic carbocycles. The summed E-state index contributed by atoms with van der Waals surface area (Å²) in [7, 11) is 0. The number of amides is 1. The van der Waals surface area contributed by atoms with Crippen molar-refractivity contribution in [3.8, 4) is 0 Å². The first-order valence-electron chi connectivity index (χ1n) is 7.76. The van der Waals surface area contributed by atoms with Gasteiger partial charge < -0.3 is 21.9 Å². The van der Waals surface area contributed by atoms with Gasteiger partial charge in [-0.05, 0) is 24.7 Å². The number of aliphatic carboxylic acids is 1. The van der Waals surface area contributed by atoms with Gasteiger partial charge in [0.2, 0.25) is 5.91 Å². The molecule has 0 fully saturated rings. The van der Waals surface area contributed by atoms with E-state index in [1.165, 1.54) is 0 Å². The van der Waals surface area contributed by atoms with E-state index in [-0.39, 0.29) is 17.9 Å². The van der Waals surface area contributed by atoms with E-state index in [0.717, 1.165) is 6.42 Å². The predicted octanol–water partition coefficient (Wildman–Crippen LogP) is 0.779. The molecule has 22 heavy (non-hydrogen) atoms. The van der Waals surface area contributed by atoms with Crippen LogP contribution in [0, 0.1) is 11.8 Å². The van der Waals surface area contributed by atoms with Gasteiger partial charge in [0.1, 0.15) is 6.04 Å². The summed E-state index contributed by atoms with van der Waals surface area (Å²) in [4.78, 5) is 23.3. The average molecular weight is 309 g/mol. The molecule has 0 spiro atoms. The van der Waals surface area contributed by atoms with Crippen LogP contribution in [0.25, 0.3) is 0 Å². The molecule has 0 saturated carbocycles. The van der Waals surface area contributed by atoms with Gasteiger partial charge in [-0.15, -0.1) is 0 Å². The molecule has 1 aliphatic rings. The topological polar surface area (TPSA) is 118 Å². The summed E-state index contributed by atoms with van der Waals surface area (Å²) < 4.78 is 0. The molecule has 6 N–H and O–H groups in total. The van der Waals surface area contributed by atoms with Gasteiger partial charge in [-0.25, -0.2) is 4.79 Å². The Morgan fingerprint density at radius 2 is 1.86 bits per heavy atom. The van der Waals surface area contributed by atoms with E-state index in [0.29, 0.717) is 12.8 Å². The molecular formula is C16H27N3O3. The van der Waals surface area contributed by atoms with Crippen LogP contribution < -0.4 is 16.8 Å². The Bertz CT molecular complexity index is 434. The monoisotopic (exact) mass is 309 g/mol.